The number of ether oxygens (including phenoxy) is 3. The summed E-state index contributed by atoms with van der Waals surface area (Å²) in [7, 11) is 3.16. The van der Waals surface area contributed by atoms with Crippen LogP contribution in [0.25, 0.3) is 0 Å². The molecule has 0 spiro atoms. The molecule has 0 unspecified atom stereocenters. The van der Waals surface area contributed by atoms with Gasteiger partial charge in [-0.1, -0.05) is 30.3 Å². The normalized spacial score (nSPS) is 11.4. The Morgan fingerprint density at radius 3 is 2.31 bits per heavy atom. The molecule has 0 aliphatic rings. The van der Waals surface area contributed by atoms with Crippen LogP contribution in [-0.2, 0) is 20.9 Å². The fraction of sp³-hybridized carbons (Fsp3) is 0.364. The maximum Gasteiger partial charge on any atom is 0.261 e. The Hall–Kier alpha value is -3.06. The molecule has 2 rings (SSSR count). The van der Waals surface area contributed by atoms with Gasteiger partial charge in [0.2, 0.25) is 5.91 Å². The summed E-state index contributed by atoms with van der Waals surface area (Å²) in [5.74, 6) is 0.800. The van der Waals surface area contributed by atoms with Crippen LogP contribution in [0.2, 0.25) is 0 Å². The molecule has 2 aromatic rings. The lowest BCUT2D eigenvalue weighted by molar-refractivity contribution is -0.142. The summed E-state index contributed by atoms with van der Waals surface area (Å²) in [6.45, 7) is 2.61. The van der Waals surface area contributed by atoms with Crippen molar-refractivity contribution in [1.29, 1.82) is 0 Å². The Bertz CT molecular complexity index is 765. The predicted octanol–water partition coefficient (Wildman–Crippen LogP) is 2.25. The van der Waals surface area contributed by atoms with Crippen molar-refractivity contribution in [3.05, 3.63) is 60.2 Å². The molecule has 0 aliphatic carbocycles. The van der Waals surface area contributed by atoms with Gasteiger partial charge in [-0.15, -0.1) is 0 Å². The van der Waals surface area contributed by atoms with Crippen molar-refractivity contribution in [2.75, 3.05) is 34.0 Å². The van der Waals surface area contributed by atoms with Crippen molar-refractivity contribution in [1.82, 2.24) is 10.2 Å². The molecular formula is C22H28N2O5. The molecule has 2 amide bonds. The van der Waals surface area contributed by atoms with Crippen molar-refractivity contribution >= 4 is 11.8 Å². The van der Waals surface area contributed by atoms with Gasteiger partial charge in [0.15, 0.2) is 6.61 Å². The standard InChI is InChI=1S/C22H28N2O5/c1-17(22(26)23-13-14-27-2)24(15-18-9-11-19(28-3)12-10-18)21(25)16-29-20-7-5-4-6-8-20/h4-12,17H,13-16H2,1-3H3,(H,23,26)/t17-/m1/s1. The van der Waals surface area contributed by atoms with Crippen LogP contribution >= 0.6 is 0 Å². The molecule has 0 bridgehead atoms. The molecule has 1 atom stereocenters. The summed E-state index contributed by atoms with van der Waals surface area (Å²) < 4.78 is 15.7. The van der Waals surface area contributed by atoms with Crippen LogP contribution in [-0.4, -0.2) is 56.7 Å². The quantitative estimate of drug-likeness (QED) is 0.586. The molecule has 7 nitrogen and oxygen atoms in total. The highest BCUT2D eigenvalue weighted by molar-refractivity contribution is 5.87. The number of nitrogens with zero attached hydrogens (tertiary/aromatic N) is 1. The third kappa shape index (κ3) is 7.12. The molecule has 29 heavy (non-hydrogen) atoms. The summed E-state index contributed by atoms with van der Waals surface area (Å²) in [6, 6.07) is 15.8. The molecule has 0 saturated heterocycles. The van der Waals surface area contributed by atoms with Gasteiger partial charge in [-0.25, -0.2) is 0 Å². The van der Waals surface area contributed by atoms with E-state index >= 15 is 0 Å². The minimum Gasteiger partial charge on any atom is -0.497 e. The van der Waals surface area contributed by atoms with Crippen LogP contribution in [0.3, 0.4) is 0 Å². The fourth-order valence-electron chi connectivity index (χ4n) is 2.68. The first kappa shape index (κ1) is 22.2. The summed E-state index contributed by atoms with van der Waals surface area (Å²) >= 11 is 0. The zero-order valence-corrected chi connectivity index (χ0v) is 17.1. The second-order valence-corrected chi connectivity index (χ2v) is 6.43. The van der Waals surface area contributed by atoms with Crippen LogP contribution in [0.5, 0.6) is 11.5 Å². The topological polar surface area (TPSA) is 77.1 Å². The third-order valence-corrected chi connectivity index (χ3v) is 4.39. The first-order valence-corrected chi connectivity index (χ1v) is 9.42. The number of rotatable bonds is 11. The maximum atomic E-state index is 12.9. The SMILES string of the molecule is COCCNC(=O)[C@@H](C)N(Cc1ccc(OC)cc1)C(=O)COc1ccccc1. The lowest BCUT2D eigenvalue weighted by Crippen LogP contribution is -2.49. The van der Waals surface area contributed by atoms with E-state index in [0.29, 0.717) is 18.9 Å². The Morgan fingerprint density at radius 1 is 1.00 bits per heavy atom. The van der Waals surface area contributed by atoms with Crippen LogP contribution in [0.4, 0.5) is 0 Å². The second kappa shape index (κ2) is 11.7. The first-order chi connectivity index (χ1) is 14.0. The minimum absolute atomic E-state index is 0.157. The van der Waals surface area contributed by atoms with Gasteiger partial charge in [0.25, 0.3) is 5.91 Å². The van der Waals surface area contributed by atoms with Gasteiger partial charge in [0, 0.05) is 20.2 Å². The second-order valence-electron chi connectivity index (χ2n) is 6.43. The number of nitrogens with one attached hydrogen (secondary N) is 1. The van der Waals surface area contributed by atoms with Crippen LogP contribution in [0, 0.1) is 0 Å². The number of carbonyl (C=O) groups is 2. The number of methoxy groups -OCH3 is 2. The average Bonchev–Trinajstić information content (AvgIpc) is 2.76. The Kier molecular flexibility index (Phi) is 8.98. The molecule has 0 radical (unpaired) electrons. The van der Waals surface area contributed by atoms with Crippen molar-refractivity contribution in [2.45, 2.75) is 19.5 Å². The van der Waals surface area contributed by atoms with Crippen LogP contribution in [0.1, 0.15) is 12.5 Å². The number of para-hydroxylation sites is 1. The summed E-state index contributed by atoms with van der Waals surface area (Å²) in [6.07, 6.45) is 0. The molecule has 0 aromatic heterocycles. The Morgan fingerprint density at radius 2 is 1.69 bits per heavy atom. The van der Waals surface area contributed by atoms with E-state index in [1.165, 1.54) is 4.90 Å². The number of carbonyl (C=O) groups excluding carboxylic acids is 2. The van der Waals surface area contributed by atoms with Crippen molar-refractivity contribution in [3.63, 3.8) is 0 Å². The highest BCUT2D eigenvalue weighted by atomic mass is 16.5. The van der Waals surface area contributed by atoms with E-state index in [0.717, 1.165) is 11.3 Å². The van der Waals surface area contributed by atoms with Gasteiger partial charge >= 0.3 is 0 Å². The van der Waals surface area contributed by atoms with Crippen LogP contribution < -0.4 is 14.8 Å². The van der Waals surface area contributed by atoms with E-state index in [9.17, 15) is 9.59 Å². The van der Waals surface area contributed by atoms with Gasteiger partial charge in [0.1, 0.15) is 17.5 Å². The minimum atomic E-state index is -0.666. The Labute approximate surface area is 171 Å². The summed E-state index contributed by atoms with van der Waals surface area (Å²) in [5.41, 5.74) is 0.885. The first-order valence-electron chi connectivity index (χ1n) is 9.42. The van der Waals surface area contributed by atoms with E-state index in [2.05, 4.69) is 5.32 Å². The van der Waals surface area contributed by atoms with Crippen molar-refractivity contribution in [2.24, 2.45) is 0 Å². The highest BCUT2D eigenvalue weighted by Crippen LogP contribution is 2.16. The zero-order valence-electron chi connectivity index (χ0n) is 17.1. The average molecular weight is 400 g/mol. The monoisotopic (exact) mass is 400 g/mol. The summed E-state index contributed by atoms with van der Waals surface area (Å²) in [4.78, 5) is 26.9. The van der Waals surface area contributed by atoms with E-state index in [1.54, 1.807) is 33.3 Å². The predicted molar refractivity (Wildman–Crippen MR) is 110 cm³/mol. The smallest absolute Gasteiger partial charge is 0.261 e. The number of hydrogen-bond donors (Lipinski definition) is 1. The lowest BCUT2D eigenvalue weighted by atomic mass is 10.1. The van der Waals surface area contributed by atoms with Gasteiger partial charge < -0.3 is 24.4 Å². The molecule has 0 fully saturated rings. The zero-order chi connectivity index (χ0) is 21.1. The molecule has 2 aromatic carbocycles. The van der Waals surface area contributed by atoms with Crippen LogP contribution in [0.15, 0.2) is 54.6 Å². The van der Waals surface area contributed by atoms with E-state index in [1.807, 2.05) is 42.5 Å². The van der Waals surface area contributed by atoms with Gasteiger partial charge in [0.05, 0.1) is 13.7 Å². The Balaban J connectivity index is 2.09. The van der Waals surface area contributed by atoms with Gasteiger partial charge in [-0.2, -0.15) is 0 Å². The van der Waals surface area contributed by atoms with E-state index < -0.39 is 6.04 Å². The largest absolute Gasteiger partial charge is 0.497 e. The molecule has 1 N–H and O–H groups in total. The maximum absolute atomic E-state index is 12.9. The third-order valence-electron chi connectivity index (χ3n) is 4.39. The van der Waals surface area contributed by atoms with Crippen molar-refractivity contribution in [3.8, 4) is 11.5 Å². The molecule has 0 saturated carbocycles. The lowest BCUT2D eigenvalue weighted by Gasteiger charge is -2.28. The fourth-order valence-corrected chi connectivity index (χ4v) is 2.68. The number of amides is 2. The molecule has 156 valence electrons. The summed E-state index contributed by atoms with van der Waals surface area (Å²) in [5, 5.41) is 2.78. The molecule has 0 heterocycles. The molecular weight excluding hydrogens is 372 g/mol. The number of benzene rings is 2. The molecule has 7 heteroatoms. The van der Waals surface area contributed by atoms with E-state index in [4.69, 9.17) is 14.2 Å². The van der Waals surface area contributed by atoms with E-state index in [-0.39, 0.29) is 25.0 Å². The van der Waals surface area contributed by atoms with Gasteiger partial charge in [-0.3, -0.25) is 9.59 Å². The van der Waals surface area contributed by atoms with Gasteiger partial charge in [-0.05, 0) is 36.8 Å². The van der Waals surface area contributed by atoms with Crippen molar-refractivity contribution < 1.29 is 23.8 Å². The highest BCUT2D eigenvalue weighted by Gasteiger charge is 2.26. The molecule has 0 aliphatic heterocycles. The number of hydrogen-bond acceptors (Lipinski definition) is 5.